The highest BCUT2D eigenvalue weighted by Gasteiger charge is 1.98. The molecule has 0 fully saturated rings. The van der Waals surface area contributed by atoms with Crippen LogP contribution in [0.2, 0.25) is 0 Å². The van der Waals surface area contributed by atoms with E-state index in [-0.39, 0.29) is 0 Å². The van der Waals surface area contributed by atoms with Crippen molar-refractivity contribution in [1.82, 2.24) is 10.3 Å². The molecule has 1 aromatic rings. The van der Waals surface area contributed by atoms with Crippen LogP contribution in [0.15, 0.2) is 5.38 Å². The van der Waals surface area contributed by atoms with E-state index in [9.17, 15) is 0 Å². The summed E-state index contributed by atoms with van der Waals surface area (Å²) in [4.78, 5) is 4.33. The molecule has 13 heavy (non-hydrogen) atoms. The highest BCUT2D eigenvalue weighted by Crippen LogP contribution is 2.13. The minimum atomic E-state index is 0.739. The molecular weight excluding hydrogens is 186 g/mol. The van der Waals surface area contributed by atoms with Crippen molar-refractivity contribution in [2.75, 3.05) is 32.6 Å². The van der Waals surface area contributed by atoms with Gasteiger partial charge in [-0.05, 0) is 0 Å². The van der Waals surface area contributed by atoms with E-state index in [0.717, 1.165) is 30.5 Å². The van der Waals surface area contributed by atoms with Crippen LogP contribution in [0.3, 0.4) is 0 Å². The van der Waals surface area contributed by atoms with Crippen LogP contribution < -0.4 is 10.6 Å². The summed E-state index contributed by atoms with van der Waals surface area (Å²) < 4.78 is 4.91. The molecule has 74 valence electrons. The molecule has 0 aromatic carbocycles. The number of hydrogen-bond donors (Lipinski definition) is 2. The number of anilines is 1. The van der Waals surface area contributed by atoms with Crippen LogP contribution in [0.4, 0.5) is 5.13 Å². The summed E-state index contributed by atoms with van der Waals surface area (Å²) in [6, 6.07) is 0. The standard InChI is InChI=1S/C8H15N3OS/c1-9-8-11-7(6-13-8)5-10-3-4-12-2/h6,10H,3-5H2,1-2H3,(H,9,11). The summed E-state index contributed by atoms with van der Waals surface area (Å²) in [5.41, 5.74) is 1.07. The zero-order valence-corrected chi connectivity index (χ0v) is 8.78. The van der Waals surface area contributed by atoms with Gasteiger partial charge >= 0.3 is 0 Å². The zero-order chi connectivity index (χ0) is 9.52. The third kappa shape index (κ3) is 3.71. The molecule has 0 bridgehead atoms. The Bertz CT molecular complexity index is 239. The molecule has 0 saturated heterocycles. The fourth-order valence-corrected chi connectivity index (χ4v) is 1.57. The van der Waals surface area contributed by atoms with Crippen molar-refractivity contribution in [3.05, 3.63) is 11.1 Å². The first-order valence-corrected chi connectivity index (χ1v) is 5.06. The highest BCUT2D eigenvalue weighted by atomic mass is 32.1. The monoisotopic (exact) mass is 201 g/mol. The summed E-state index contributed by atoms with van der Waals surface area (Å²) in [6.07, 6.45) is 0. The van der Waals surface area contributed by atoms with Gasteiger partial charge in [0.15, 0.2) is 5.13 Å². The Hall–Kier alpha value is -0.650. The molecule has 0 aliphatic rings. The molecule has 5 heteroatoms. The predicted molar refractivity (Wildman–Crippen MR) is 55.2 cm³/mol. The number of methoxy groups -OCH3 is 1. The van der Waals surface area contributed by atoms with Gasteiger partial charge in [0.25, 0.3) is 0 Å². The third-order valence-corrected chi connectivity index (χ3v) is 2.46. The average Bonchev–Trinajstić information content (AvgIpc) is 2.60. The normalized spacial score (nSPS) is 10.3. The number of nitrogens with zero attached hydrogens (tertiary/aromatic N) is 1. The maximum absolute atomic E-state index is 4.91. The largest absolute Gasteiger partial charge is 0.383 e. The lowest BCUT2D eigenvalue weighted by atomic mass is 10.5. The maximum Gasteiger partial charge on any atom is 0.182 e. The second-order valence-corrected chi connectivity index (χ2v) is 3.42. The molecular formula is C8H15N3OS. The van der Waals surface area contributed by atoms with Gasteiger partial charge in [0.2, 0.25) is 0 Å². The number of thiazole rings is 1. The molecule has 0 unspecified atom stereocenters. The van der Waals surface area contributed by atoms with Crippen molar-refractivity contribution in [2.24, 2.45) is 0 Å². The fourth-order valence-electron chi connectivity index (χ4n) is 0.894. The Morgan fingerprint density at radius 1 is 1.62 bits per heavy atom. The van der Waals surface area contributed by atoms with Crippen LogP contribution in [0.5, 0.6) is 0 Å². The Balaban J connectivity index is 2.20. The van der Waals surface area contributed by atoms with Gasteiger partial charge in [0, 0.05) is 32.6 Å². The molecule has 0 amide bonds. The van der Waals surface area contributed by atoms with Gasteiger partial charge in [-0.15, -0.1) is 11.3 Å². The lowest BCUT2D eigenvalue weighted by molar-refractivity contribution is 0.199. The van der Waals surface area contributed by atoms with Crippen molar-refractivity contribution in [1.29, 1.82) is 0 Å². The third-order valence-electron chi connectivity index (χ3n) is 1.55. The number of hydrogen-bond acceptors (Lipinski definition) is 5. The Morgan fingerprint density at radius 3 is 3.08 bits per heavy atom. The Labute approximate surface area is 82.3 Å². The number of aromatic nitrogens is 1. The van der Waals surface area contributed by atoms with Crippen LogP contribution in [-0.2, 0) is 11.3 Å². The first-order chi connectivity index (χ1) is 6.36. The summed E-state index contributed by atoms with van der Waals surface area (Å²) >= 11 is 1.62. The van der Waals surface area contributed by atoms with Crippen molar-refractivity contribution in [3.63, 3.8) is 0 Å². The van der Waals surface area contributed by atoms with Gasteiger partial charge in [-0.25, -0.2) is 4.98 Å². The molecule has 1 rings (SSSR count). The lowest BCUT2D eigenvalue weighted by Crippen LogP contribution is -2.18. The van der Waals surface area contributed by atoms with Crippen molar-refractivity contribution < 1.29 is 4.74 Å². The van der Waals surface area contributed by atoms with E-state index >= 15 is 0 Å². The molecule has 0 aliphatic heterocycles. The molecule has 0 spiro atoms. The molecule has 1 heterocycles. The van der Waals surface area contributed by atoms with E-state index in [0.29, 0.717) is 0 Å². The summed E-state index contributed by atoms with van der Waals surface area (Å²) in [6.45, 7) is 2.41. The van der Waals surface area contributed by atoms with E-state index in [1.165, 1.54) is 0 Å². The van der Waals surface area contributed by atoms with E-state index in [1.807, 2.05) is 12.4 Å². The first kappa shape index (κ1) is 10.4. The molecule has 0 aliphatic carbocycles. The van der Waals surface area contributed by atoms with Gasteiger partial charge in [-0.2, -0.15) is 0 Å². The van der Waals surface area contributed by atoms with Gasteiger partial charge in [-0.3, -0.25) is 0 Å². The second-order valence-electron chi connectivity index (χ2n) is 2.56. The van der Waals surface area contributed by atoms with Crippen molar-refractivity contribution >= 4 is 16.5 Å². The van der Waals surface area contributed by atoms with Crippen molar-refractivity contribution in [3.8, 4) is 0 Å². The quantitative estimate of drug-likeness (QED) is 0.672. The summed E-state index contributed by atoms with van der Waals surface area (Å²) in [5.74, 6) is 0. The van der Waals surface area contributed by atoms with Crippen LogP contribution in [0.1, 0.15) is 5.69 Å². The minimum absolute atomic E-state index is 0.739. The van der Waals surface area contributed by atoms with E-state index < -0.39 is 0 Å². The van der Waals surface area contributed by atoms with Gasteiger partial charge in [0.1, 0.15) is 0 Å². The smallest absolute Gasteiger partial charge is 0.182 e. The minimum Gasteiger partial charge on any atom is -0.383 e. The van der Waals surface area contributed by atoms with Gasteiger partial charge in [0.05, 0.1) is 12.3 Å². The number of nitrogens with one attached hydrogen (secondary N) is 2. The molecule has 0 saturated carbocycles. The van der Waals surface area contributed by atoms with E-state index in [2.05, 4.69) is 15.6 Å². The van der Waals surface area contributed by atoms with E-state index in [4.69, 9.17) is 4.74 Å². The van der Waals surface area contributed by atoms with Crippen LogP contribution >= 0.6 is 11.3 Å². The topological polar surface area (TPSA) is 46.2 Å². The SMILES string of the molecule is CNc1nc(CNCCOC)cs1. The maximum atomic E-state index is 4.91. The van der Waals surface area contributed by atoms with Crippen LogP contribution in [0.25, 0.3) is 0 Å². The highest BCUT2D eigenvalue weighted by molar-refractivity contribution is 7.13. The average molecular weight is 201 g/mol. The number of ether oxygens (including phenoxy) is 1. The predicted octanol–water partition coefficient (Wildman–Crippen LogP) is 0.921. The number of rotatable bonds is 6. The summed E-state index contributed by atoms with van der Waals surface area (Å²) in [7, 11) is 3.57. The van der Waals surface area contributed by atoms with Crippen LogP contribution in [0, 0.1) is 0 Å². The molecule has 1 aromatic heterocycles. The molecule has 2 N–H and O–H groups in total. The molecule has 0 atom stereocenters. The Kier molecular flexibility index (Phi) is 4.74. The van der Waals surface area contributed by atoms with E-state index in [1.54, 1.807) is 18.4 Å². The van der Waals surface area contributed by atoms with Gasteiger partial charge < -0.3 is 15.4 Å². The zero-order valence-electron chi connectivity index (χ0n) is 7.96. The molecule has 4 nitrogen and oxygen atoms in total. The van der Waals surface area contributed by atoms with Gasteiger partial charge in [-0.1, -0.05) is 0 Å². The van der Waals surface area contributed by atoms with Crippen molar-refractivity contribution in [2.45, 2.75) is 6.54 Å². The lowest BCUT2D eigenvalue weighted by Gasteiger charge is -2.00. The Morgan fingerprint density at radius 2 is 2.46 bits per heavy atom. The first-order valence-electron chi connectivity index (χ1n) is 4.18. The summed E-state index contributed by atoms with van der Waals surface area (Å²) in [5, 5.41) is 9.24. The molecule has 0 radical (unpaired) electrons. The van der Waals surface area contributed by atoms with Crippen LogP contribution in [-0.4, -0.2) is 32.3 Å². The second kappa shape index (κ2) is 5.90. The fraction of sp³-hybridized carbons (Fsp3) is 0.625.